The van der Waals surface area contributed by atoms with E-state index >= 15 is 0 Å². The summed E-state index contributed by atoms with van der Waals surface area (Å²) in [5.41, 5.74) is 5.13. The van der Waals surface area contributed by atoms with Gasteiger partial charge in [-0.3, -0.25) is 9.59 Å². The maximum atomic E-state index is 12.7. The summed E-state index contributed by atoms with van der Waals surface area (Å²) in [6, 6.07) is 22.9. The molecule has 4 rings (SSSR count). The number of hydrogen-bond donors (Lipinski definition) is 3. The Hall–Kier alpha value is -3.93. The minimum absolute atomic E-state index is 0.0813. The Morgan fingerprint density at radius 1 is 1.00 bits per heavy atom. The van der Waals surface area contributed by atoms with Crippen LogP contribution in [-0.4, -0.2) is 21.8 Å². The molecule has 31 heavy (non-hydrogen) atoms. The van der Waals surface area contributed by atoms with Gasteiger partial charge in [-0.2, -0.15) is 0 Å². The smallest absolute Gasteiger partial charge is 0.251 e. The highest BCUT2D eigenvalue weighted by Gasteiger charge is 2.13. The first kappa shape index (κ1) is 20.3. The maximum absolute atomic E-state index is 12.7. The number of hydrogen-bond acceptors (Lipinski definition) is 3. The monoisotopic (exact) mass is 412 g/mol. The van der Waals surface area contributed by atoms with Gasteiger partial charge in [-0.05, 0) is 48.4 Å². The van der Waals surface area contributed by atoms with E-state index in [1.54, 1.807) is 6.07 Å². The summed E-state index contributed by atoms with van der Waals surface area (Å²) >= 11 is 0. The van der Waals surface area contributed by atoms with E-state index in [1.807, 2.05) is 73.7 Å². The summed E-state index contributed by atoms with van der Waals surface area (Å²) in [6.45, 7) is 3.45. The Morgan fingerprint density at radius 3 is 2.45 bits per heavy atom. The van der Waals surface area contributed by atoms with Crippen LogP contribution in [0.4, 0.5) is 5.69 Å². The van der Waals surface area contributed by atoms with Crippen molar-refractivity contribution in [2.45, 2.75) is 26.3 Å². The number of rotatable bonds is 6. The predicted molar refractivity (Wildman–Crippen MR) is 122 cm³/mol. The Labute approximate surface area is 180 Å². The number of nitrogens with one attached hydrogen (secondary N) is 3. The zero-order valence-electron chi connectivity index (χ0n) is 17.5. The molecule has 0 aliphatic carbocycles. The van der Waals surface area contributed by atoms with Crippen LogP contribution in [0.1, 0.15) is 47.2 Å². The molecular formula is C25H24N4O2. The lowest BCUT2D eigenvalue weighted by molar-refractivity contribution is -0.114. The third-order valence-corrected chi connectivity index (χ3v) is 5.09. The Morgan fingerprint density at radius 2 is 1.74 bits per heavy atom. The van der Waals surface area contributed by atoms with Crippen molar-refractivity contribution >= 4 is 28.5 Å². The molecule has 3 N–H and O–H groups in total. The van der Waals surface area contributed by atoms with Gasteiger partial charge in [0.2, 0.25) is 5.91 Å². The van der Waals surface area contributed by atoms with Crippen molar-refractivity contribution in [3.63, 3.8) is 0 Å². The highest BCUT2D eigenvalue weighted by atomic mass is 16.2. The van der Waals surface area contributed by atoms with Crippen LogP contribution in [0.25, 0.3) is 11.0 Å². The number of carbonyl (C=O) groups excluding carboxylic acids is 2. The van der Waals surface area contributed by atoms with Crippen molar-refractivity contribution in [2.75, 3.05) is 5.32 Å². The molecule has 0 spiro atoms. The minimum atomic E-state index is -0.122. The van der Waals surface area contributed by atoms with E-state index in [0.29, 0.717) is 12.0 Å². The number of nitrogens with zero attached hydrogens (tertiary/aromatic N) is 1. The number of benzene rings is 3. The SMILES string of the molecule is CC(=O)Nc1ccc(Cc2nc3ccc(C(=O)NC(C)c4ccccc4)cc3[nH]2)cc1. The largest absolute Gasteiger partial charge is 0.346 e. The molecule has 0 aliphatic heterocycles. The van der Waals surface area contributed by atoms with Crippen molar-refractivity contribution < 1.29 is 9.59 Å². The molecule has 0 radical (unpaired) electrons. The van der Waals surface area contributed by atoms with Crippen LogP contribution in [0.3, 0.4) is 0 Å². The third-order valence-electron chi connectivity index (χ3n) is 5.09. The average Bonchev–Trinajstić information content (AvgIpc) is 3.16. The Kier molecular flexibility index (Phi) is 5.80. The van der Waals surface area contributed by atoms with E-state index < -0.39 is 0 Å². The summed E-state index contributed by atoms with van der Waals surface area (Å²) < 4.78 is 0. The van der Waals surface area contributed by atoms with Crippen LogP contribution in [0.5, 0.6) is 0 Å². The Bertz CT molecular complexity index is 1210. The van der Waals surface area contributed by atoms with Gasteiger partial charge in [0.1, 0.15) is 5.82 Å². The zero-order valence-corrected chi connectivity index (χ0v) is 17.5. The first-order valence-corrected chi connectivity index (χ1v) is 10.2. The topological polar surface area (TPSA) is 86.9 Å². The predicted octanol–water partition coefficient (Wildman–Crippen LogP) is 4.60. The van der Waals surface area contributed by atoms with Crippen LogP contribution in [0.15, 0.2) is 72.8 Å². The second kappa shape index (κ2) is 8.83. The molecule has 6 nitrogen and oxygen atoms in total. The van der Waals surface area contributed by atoms with Gasteiger partial charge in [0.25, 0.3) is 5.91 Å². The lowest BCUT2D eigenvalue weighted by atomic mass is 10.1. The molecule has 1 aromatic heterocycles. The summed E-state index contributed by atoms with van der Waals surface area (Å²) in [5.74, 6) is 0.600. The third kappa shape index (κ3) is 4.98. The van der Waals surface area contributed by atoms with Crippen molar-refractivity contribution in [1.82, 2.24) is 15.3 Å². The number of H-pyrrole nitrogens is 1. The van der Waals surface area contributed by atoms with Crippen molar-refractivity contribution in [2.24, 2.45) is 0 Å². The summed E-state index contributed by atoms with van der Waals surface area (Å²) in [5, 5.41) is 5.80. The molecule has 0 saturated heterocycles. The fourth-order valence-electron chi connectivity index (χ4n) is 3.49. The lowest BCUT2D eigenvalue weighted by Gasteiger charge is -2.14. The molecule has 6 heteroatoms. The molecular weight excluding hydrogens is 388 g/mol. The molecule has 0 bridgehead atoms. The van der Waals surface area contributed by atoms with E-state index in [0.717, 1.165) is 33.7 Å². The molecule has 0 saturated carbocycles. The van der Waals surface area contributed by atoms with E-state index in [4.69, 9.17) is 0 Å². The number of anilines is 1. The number of aromatic amines is 1. The number of aromatic nitrogens is 2. The molecule has 3 aromatic carbocycles. The van der Waals surface area contributed by atoms with E-state index in [9.17, 15) is 9.59 Å². The minimum Gasteiger partial charge on any atom is -0.346 e. The number of imidazole rings is 1. The summed E-state index contributed by atoms with van der Waals surface area (Å²) in [6.07, 6.45) is 0.627. The van der Waals surface area contributed by atoms with Gasteiger partial charge in [0.05, 0.1) is 17.1 Å². The molecule has 1 heterocycles. The number of carbonyl (C=O) groups is 2. The van der Waals surface area contributed by atoms with Crippen LogP contribution in [-0.2, 0) is 11.2 Å². The molecule has 0 fully saturated rings. The summed E-state index contributed by atoms with van der Waals surface area (Å²) in [4.78, 5) is 31.8. The van der Waals surface area contributed by atoms with E-state index in [2.05, 4.69) is 20.6 Å². The molecule has 1 unspecified atom stereocenters. The maximum Gasteiger partial charge on any atom is 0.251 e. The zero-order chi connectivity index (χ0) is 21.8. The molecule has 156 valence electrons. The highest BCUT2D eigenvalue weighted by molar-refractivity contribution is 5.97. The molecule has 4 aromatic rings. The standard InChI is InChI=1S/C25H24N4O2/c1-16(19-6-4-3-5-7-19)26-25(31)20-10-13-22-23(15-20)29-24(28-22)14-18-8-11-21(12-9-18)27-17(2)30/h3-13,15-16H,14H2,1-2H3,(H,26,31)(H,27,30)(H,28,29). The van der Waals surface area contributed by atoms with Gasteiger partial charge in [-0.1, -0.05) is 42.5 Å². The fraction of sp³-hybridized carbons (Fsp3) is 0.160. The molecule has 1 atom stereocenters. The fourth-order valence-corrected chi connectivity index (χ4v) is 3.49. The quantitative estimate of drug-likeness (QED) is 0.432. The van der Waals surface area contributed by atoms with Crippen LogP contribution >= 0.6 is 0 Å². The first-order chi connectivity index (χ1) is 15.0. The van der Waals surface area contributed by atoms with Crippen LogP contribution in [0.2, 0.25) is 0 Å². The van der Waals surface area contributed by atoms with Crippen LogP contribution in [0, 0.1) is 0 Å². The van der Waals surface area contributed by atoms with Crippen molar-refractivity contribution in [3.8, 4) is 0 Å². The van der Waals surface area contributed by atoms with Crippen molar-refractivity contribution in [3.05, 3.63) is 95.3 Å². The van der Waals surface area contributed by atoms with Gasteiger partial charge in [-0.25, -0.2) is 4.98 Å². The highest BCUT2D eigenvalue weighted by Crippen LogP contribution is 2.18. The van der Waals surface area contributed by atoms with Crippen molar-refractivity contribution in [1.29, 1.82) is 0 Å². The molecule has 2 amide bonds. The normalized spacial score (nSPS) is 11.8. The van der Waals surface area contributed by atoms with Gasteiger partial charge >= 0.3 is 0 Å². The first-order valence-electron chi connectivity index (χ1n) is 10.2. The second-order valence-electron chi connectivity index (χ2n) is 7.58. The Balaban J connectivity index is 1.46. The molecule has 0 aliphatic rings. The average molecular weight is 412 g/mol. The lowest BCUT2D eigenvalue weighted by Crippen LogP contribution is -2.26. The number of fused-ring (bicyclic) bond motifs is 1. The second-order valence-corrected chi connectivity index (χ2v) is 7.58. The van der Waals surface area contributed by atoms with E-state index in [-0.39, 0.29) is 17.9 Å². The summed E-state index contributed by atoms with van der Waals surface area (Å²) in [7, 11) is 0. The van der Waals surface area contributed by atoms with Gasteiger partial charge in [-0.15, -0.1) is 0 Å². The number of amides is 2. The van der Waals surface area contributed by atoms with Crippen LogP contribution < -0.4 is 10.6 Å². The van der Waals surface area contributed by atoms with Gasteiger partial charge < -0.3 is 15.6 Å². The van der Waals surface area contributed by atoms with E-state index in [1.165, 1.54) is 6.92 Å². The van der Waals surface area contributed by atoms with Gasteiger partial charge in [0.15, 0.2) is 0 Å². The van der Waals surface area contributed by atoms with Gasteiger partial charge in [0, 0.05) is 24.6 Å².